The second-order valence-corrected chi connectivity index (χ2v) is 9.11. The quantitative estimate of drug-likeness (QED) is 0.623. The molecule has 0 aromatic heterocycles. The van der Waals surface area contributed by atoms with E-state index in [1.807, 2.05) is 26.0 Å². The summed E-state index contributed by atoms with van der Waals surface area (Å²) in [6.45, 7) is 4.05. The normalized spacial score (nSPS) is 11.2. The van der Waals surface area contributed by atoms with E-state index in [1.165, 1.54) is 28.8 Å². The third-order valence-electron chi connectivity index (χ3n) is 4.80. The van der Waals surface area contributed by atoms with Crippen LogP contribution in [0.2, 0.25) is 0 Å². The van der Waals surface area contributed by atoms with Crippen molar-refractivity contribution in [3.05, 3.63) is 94.8 Å². The molecule has 3 aromatic rings. The highest BCUT2D eigenvalue weighted by Crippen LogP contribution is 2.23. The molecule has 156 valence electrons. The van der Waals surface area contributed by atoms with Gasteiger partial charge in [-0.3, -0.25) is 9.10 Å². The van der Waals surface area contributed by atoms with E-state index in [2.05, 4.69) is 5.32 Å². The highest BCUT2D eigenvalue weighted by atomic mass is 32.2. The molecule has 0 heterocycles. The first-order chi connectivity index (χ1) is 14.1. The molecule has 1 N–H and O–H groups in total. The number of rotatable bonds is 6. The van der Waals surface area contributed by atoms with Gasteiger partial charge < -0.3 is 5.32 Å². The van der Waals surface area contributed by atoms with Crippen LogP contribution >= 0.6 is 0 Å². The topological polar surface area (TPSA) is 66.5 Å². The summed E-state index contributed by atoms with van der Waals surface area (Å²) in [6, 6.07) is 17.8. The minimum absolute atomic E-state index is 0.146. The summed E-state index contributed by atoms with van der Waals surface area (Å²) in [5.74, 6) is -0.809. The first-order valence-electron chi connectivity index (χ1n) is 9.34. The number of carbonyl (C=O) groups excluding carboxylic acids is 1. The van der Waals surface area contributed by atoms with E-state index < -0.39 is 15.8 Å². The van der Waals surface area contributed by atoms with Gasteiger partial charge in [0.25, 0.3) is 5.91 Å². The number of sulfonamides is 1. The van der Waals surface area contributed by atoms with Crippen molar-refractivity contribution in [1.82, 2.24) is 0 Å². The number of nitrogens with one attached hydrogen (secondary N) is 1. The van der Waals surface area contributed by atoms with Gasteiger partial charge in [0.2, 0.25) is 10.0 Å². The van der Waals surface area contributed by atoms with Gasteiger partial charge in [0.1, 0.15) is 5.82 Å². The van der Waals surface area contributed by atoms with Crippen molar-refractivity contribution in [3.63, 3.8) is 0 Å². The fourth-order valence-corrected chi connectivity index (χ4v) is 3.86. The third-order valence-corrected chi connectivity index (χ3v) is 5.94. The molecule has 0 radical (unpaired) electrons. The van der Waals surface area contributed by atoms with Crippen LogP contribution in [0.1, 0.15) is 27.0 Å². The van der Waals surface area contributed by atoms with Crippen molar-refractivity contribution < 1.29 is 17.6 Å². The lowest BCUT2D eigenvalue weighted by molar-refractivity contribution is 0.102. The molecular formula is C23H23FN2O3S. The Hall–Kier alpha value is -3.19. The molecule has 3 aromatic carbocycles. The molecule has 0 atom stereocenters. The van der Waals surface area contributed by atoms with Crippen molar-refractivity contribution in [2.75, 3.05) is 15.9 Å². The summed E-state index contributed by atoms with van der Waals surface area (Å²) >= 11 is 0. The fraction of sp³-hybridized carbons (Fsp3) is 0.174. The molecule has 7 heteroatoms. The maximum atomic E-state index is 13.3. The van der Waals surface area contributed by atoms with Gasteiger partial charge in [0, 0.05) is 11.3 Å². The van der Waals surface area contributed by atoms with Gasteiger partial charge in [0.05, 0.1) is 18.5 Å². The summed E-state index contributed by atoms with van der Waals surface area (Å²) in [6.07, 6.45) is 1.17. The van der Waals surface area contributed by atoms with Crippen LogP contribution in [0.3, 0.4) is 0 Å². The molecule has 3 rings (SSSR count). The van der Waals surface area contributed by atoms with E-state index in [9.17, 15) is 17.6 Å². The monoisotopic (exact) mass is 426 g/mol. The van der Waals surface area contributed by atoms with Crippen LogP contribution in [0, 0.1) is 19.7 Å². The molecule has 0 aliphatic rings. The lowest BCUT2D eigenvalue weighted by Crippen LogP contribution is -2.29. The SMILES string of the molecule is Cc1ccc(N(Cc2ccc(C(=O)Nc3cccc(F)c3)cc2)S(C)(=O)=O)cc1C. The van der Waals surface area contributed by atoms with Crippen LogP contribution in [0.4, 0.5) is 15.8 Å². The predicted octanol–water partition coefficient (Wildman–Crippen LogP) is 4.66. The summed E-state index contributed by atoms with van der Waals surface area (Å²) in [7, 11) is -3.50. The number of hydrogen-bond donors (Lipinski definition) is 1. The number of aryl methyl sites for hydroxylation is 2. The molecule has 0 bridgehead atoms. The van der Waals surface area contributed by atoms with Crippen LogP contribution < -0.4 is 9.62 Å². The number of amides is 1. The summed E-state index contributed by atoms with van der Waals surface area (Å²) in [4.78, 5) is 12.4. The minimum atomic E-state index is -3.50. The zero-order chi connectivity index (χ0) is 21.9. The van der Waals surface area contributed by atoms with Gasteiger partial charge in [0.15, 0.2) is 0 Å². The lowest BCUT2D eigenvalue weighted by atomic mass is 10.1. The first-order valence-corrected chi connectivity index (χ1v) is 11.2. The molecule has 0 spiro atoms. The molecule has 0 aliphatic carbocycles. The summed E-state index contributed by atoms with van der Waals surface area (Å²) in [5, 5.41) is 2.64. The summed E-state index contributed by atoms with van der Waals surface area (Å²) < 4.78 is 39.3. The van der Waals surface area contributed by atoms with E-state index in [1.54, 1.807) is 36.4 Å². The number of halogens is 1. The molecule has 30 heavy (non-hydrogen) atoms. The molecular weight excluding hydrogens is 403 g/mol. The fourth-order valence-electron chi connectivity index (χ4n) is 2.98. The Balaban J connectivity index is 1.78. The second-order valence-electron chi connectivity index (χ2n) is 7.20. The Morgan fingerprint density at radius 2 is 1.67 bits per heavy atom. The van der Waals surface area contributed by atoms with Crippen LogP contribution in [0.15, 0.2) is 66.7 Å². The maximum Gasteiger partial charge on any atom is 0.255 e. The number of nitrogens with zero attached hydrogens (tertiary/aromatic N) is 1. The molecule has 0 aliphatic heterocycles. The van der Waals surface area contributed by atoms with E-state index in [0.29, 0.717) is 16.9 Å². The van der Waals surface area contributed by atoms with Crippen LogP contribution in [0.5, 0.6) is 0 Å². The molecule has 0 saturated heterocycles. The Morgan fingerprint density at radius 1 is 0.967 bits per heavy atom. The van der Waals surface area contributed by atoms with Crippen LogP contribution in [-0.4, -0.2) is 20.6 Å². The third kappa shape index (κ3) is 5.24. The summed E-state index contributed by atoms with van der Waals surface area (Å²) in [5.41, 5.74) is 4.17. The van der Waals surface area contributed by atoms with Crippen LogP contribution in [-0.2, 0) is 16.6 Å². The van der Waals surface area contributed by atoms with Crippen molar-refractivity contribution in [3.8, 4) is 0 Å². The van der Waals surface area contributed by atoms with Crippen molar-refractivity contribution in [2.45, 2.75) is 20.4 Å². The average Bonchev–Trinajstić information content (AvgIpc) is 2.68. The zero-order valence-electron chi connectivity index (χ0n) is 17.0. The Morgan fingerprint density at radius 3 is 2.27 bits per heavy atom. The predicted molar refractivity (Wildman–Crippen MR) is 118 cm³/mol. The van der Waals surface area contributed by atoms with Gasteiger partial charge >= 0.3 is 0 Å². The van der Waals surface area contributed by atoms with Gasteiger partial charge in [-0.15, -0.1) is 0 Å². The largest absolute Gasteiger partial charge is 0.322 e. The van der Waals surface area contributed by atoms with Gasteiger partial charge in [-0.25, -0.2) is 12.8 Å². The van der Waals surface area contributed by atoms with Gasteiger partial charge in [-0.1, -0.05) is 24.3 Å². The Kier molecular flexibility index (Phi) is 6.22. The van der Waals surface area contributed by atoms with E-state index in [0.717, 1.165) is 16.7 Å². The van der Waals surface area contributed by atoms with E-state index in [-0.39, 0.29) is 12.5 Å². The van der Waals surface area contributed by atoms with E-state index >= 15 is 0 Å². The molecule has 0 saturated carbocycles. The Labute approximate surface area is 176 Å². The first kappa shape index (κ1) is 21.5. The van der Waals surface area contributed by atoms with Gasteiger partial charge in [-0.05, 0) is 73.0 Å². The maximum absolute atomic E-state index is 13.3. The molecule has 5 nitrogen and oxygen atoms in total. The second kappa shape index (κ2) is 8.67. The standard InChI is InChI=1S/C23H23FN2O3S/c1-16-7-12-22(13-17(16)2)26(30(3,28)29)15-18-8-10-19(11-9-18)23(27)25-21-6-4-5-20(24)14-21/h4-14H,15H2,1-3H3,(H,25,27). The highest BCUT2D eigenvalue weighted by molar-refractivity contribution is 7.92. The number of carbonyl (C=O) groups is 1. The zero-order valence-corrected chi connectivity index (χ0v) is 17.8. The smallest absolute Gasteiger partial charge is 0.255 e. The molecule has 0 fully saturated rings. The lowest BCUT2D eigenvalue weighted by Gasteiger charge is -2.23. The Bertz CT molecular complexity index is 1180. The van der Waals surface area contributed by atoms with Gasteiger partial charge in [-0.2, -0.15) is 0 Å². The van der Waals surface area contributed by atoms with Crippen molar-refractivity contribution in [1.29, 1.82) is 0 Å². The highest BCUT2D eigenvalue weighted by Gasteiger charge is 2.18. The van der Waals surface area contributed by atoms with Crippen molar-refractivity contribution in [2.24, 2.45) is 0 Å². The number of benzene rings is 3. The van der Waals surface area contributed by atoms with Crippen LogP contribution in [0.25, 0.3) is 0 Å². The molecule has 0 unspecified atom stereocenters. The van der Waals surface area contributed by atoms with Crippen molar-refractivity contribution >= 4 is 27.3 Å². The average molecular weight is 427 g/mol. The van der Waals surface area contributed by atoms with E-state index in [4.69, 9.17) is 0 Å². The number of hydrogen-bond acceptors (Lipinski definition) is 3. The molecule has 1 amide bonds. The number of anilines is 2. The minimum Gasteiger partial charge on any atom is -0.322 e.